The molecule has 1 atom stereocenters. The van der Waals surface area contributed by atoms with Gasteiger partial charge in [-0.05, 0) is 29.3 Å². The van der Waals surface area contributed by atoms with Gasteiger partial charge in [-0.15, -0.1) is 0 Å². The molecule has 0 spiro atoms. The lowest BCUT2D eigenvalue weighted by molar-refractivity contribution is -0.150. The van der Waals surface area contributed by atoms with Gasteiger partial charge < -0.3 is 4.74 Å². The molecule has 1 unspecified atom stereocenters. The number of rotatable bonds is 3. The first-order valence-electron chi connectivity index (χ1n) is 3.09. The van der Waals surface area contributed by atoms with E-state index < -0.39 is 10.5 Å². The zero-order valence-corrected chi connectivity index (χ0v) is 7.57. The van der Waals surface area contributed by atoms with Crippen LogP contribution < -0.4 is 0 Å². The molecule has 0 saturated heterocycles. The highest BCUT2D eigenvalue weighted by Gasteiger charge is 2.34. The van der Waals surface area contributed by atoms with Crippen molar-refractivity contribution in [1.82, 2.24) is 0 Å². The molecule has 0 aromatic heterocycles. The molecule has 0 aromatic carbocycles. The van der Waals surface area contributed by atoms with Crippen LogP contribution in [0.1, 0.15) is 20.3 Å². The normalized spacial score (nSPS) is 16.0. The summed E-state index contributed by atoms with van der Waals surface area (Å²) >= 11 is 2.61. The molecule has 0 aliphatic heterocycles. The van der Waals surface area contributed by atoms with Crippen LogP contribution in [0.2, 0.25) is 0 Å². The number of carbonyl (C=O) groups excluding carboxylic acids is 1. The molecule has 10 heavy (non-hydrogen) atoms. The summed E-state index contributed by atoms with van der Waals surface area (Å²) in [7, 11) is 0. The number of hydrogen-bond donors (Lipinski definition) is 0. The van der Waals surface area contributed by atoms with Gasteiger partial charge in [0.15, 0.2) is 0 Å². The molecule has 0 amide bonds. The van der Waals surface area contributed by atoms with E-state index in [1.807, 2.05) is 0 Å². The van der Waals surface area contributed by atoms with E-state index in [2.05, 4.69) is 20.7 Å². The minimum absolute atomic E-state index is 0.0752. The Kier molecular flexibility index (Phi) is 3.86. The molecular formula is C6H10BrFO2. The zero-order valence-electron chi connectivity index (χ0n) is 5.99. The molecule has 0 radical (unpaired) electrons. The second-order valence-electron chi connectivity index (χ2n) is 1.78. The Hall–Kier alpha value is -0.120. The van der Waals surface area contributed by atoms with E-state index >= 15 is 0 Å². The summed E-state index contributed by atoms with van der Waals surface area (Å²) in [6, 6.07) is 0. The molecule has 0 fully saturated rings. The standard InChI is InChI=1S/C6H10BrFO2/c1-3-6(7,8)5(9)10-4-2/h3-4H2,1-2H3. The maximum absolute atomic E-state index is 12.8. The molecule has 0 aromatic rings. The fourth-order valence-electron chi connectivity index (χ4n) is 0.381. The fraction of sp³-hybridized carbons (Fsp3) is 0.833. The van der Waals surface area contributed by atoms with E-state index in [4.69, 9.17) is 0 Å². The summed E-state index contributed by atoms with van der Waals surface area (Å²) in [6.45, 7) is 3.40. The first-order valence-corrected chi connectivity index (χ1v) is 3.89. The van der Waals surface area contributed by atoms with E-state index in [1.54, 1.807) is 13.8 Å². The highest BCUT2D eigenvalue weighted by atomic mass is 79.9. The highest BCUT2D eigenvalue weighted by Crippen LogP contribution is 2.25. The van der Waals surface area contributed by atoms with Crippen LogP contribution in [0.3, 0.4) is 0 Å². The Morgan fingerprint density at radius 2 is 2.20 bits per heavy atom. The first-order chi connectivity index (χ1) is 4.54. The summed E-state index contributed by atoms with van der Waals surface area (Å²) in [5, 5.41) is 0. The van der Waals surface area contributed by atoms with Crippen molar-refractivity contribution in [2.45, 2.75) is 24.8 Å². The molecule has 4 heteroatoms. The van der Waals surface area contributed by atoms with Gasteiger partial charge in [0, 0.05) is 0 Å². The van der Waals surface area contributed by atoms with E-state index in [0.717, 1.165) is 0 Å². The van der Waals surface area contributed by atoms with E-state index in [9.17, 15) is 9.18 Å². The van der Waals surface area contributed by atoms with Crippen molar-refractivity contribution in [3.8, 4) is 0 Å². The van der Waals surface area contributed by atoms with Crippen LogP contribution >= 0.6 is 15.9 Å². The van der Waals surface area contributed by atoms with Crippen molar-refractivity contribution < 1.29 is 13.9 Å². The Bertz CT molecular complexity index is 125. The van der Waals surface area contributed by atoms with Gasteiger partial charge in [-0.2, -0.15) is 0 Å². The third kappa shape index (κ3) is 2.64. The molecule has 0 saturated carbocycles. The summed E-state index contributed by atoms with van der Waals surface area (Å²) in [5.41, 5.74) is 0. The minimum Gasteiger partial charge on any atom is -0.463 e. The van der Waals surface area contributed by atoms with E-state index in [0.29, 0.717) is 0 Å². The van der Waals surface area contributed by atoms with Gasteiger partial charge in [0.1, 0.15) is 0 Å². The number of hydrogen-bond acceptors (Lipinski definition) is 2. The Morgan fingerprint density at radius 1 is 1.70 bits per heavy atom. The predicted molar refractivity (Wildman–Crippen MR) is 39.7 cm³/mol. The smallest absolute Gasteiger partial charge is 0.355 e. The molecule has 0 aliphatic carbocycles. The number of ether oxygens (including phenoxy) is 1. The average Bonchev–Trinajstić information content (AvgIpc) is 1.89. The van der Waals surface area contributed by atoms with Crippen LogP contribution in [0, 0.1) is 0 Å². The summed E-state index contributed by atoms with van der Waals surface area (Å²) in [6.07, 6.45) is 0.0752. The minimum atomic E-state index is -2.00. The maximum atomic E-state index is 12.8. The lowest BCUT2D eigenvalue weighted by Crippen LogP contribution is -2.27. The van der Waals surface area contributed by atoms with E-state index in [-0.39, 0.29) is 13.0 Å². The van der Waals surface area contributed by atoms with Gasteiger partial charge in [0.05, 0.1) is 6.61 Å². The summed E-state index contributed by atoms with van der Waals surface area (Å²) < 4.78 is 15.3. The second-order valence-corrected chi connectivity index (χ2v) is 3.04. The molecule has 2 nitrogen and oxygen atoms in total. The molecular weight excluding hydrogens is 203 g/mol. The molecule has 0 rings (SSSR count). The van der Waals surface area contributed by atoms with Crippen LogP contribution in [-0.4, -0.2) is 17.2 Å². The second kappa shape index (κ2) is 3.91. The Morgan fingerprint density at radius 3 is 2.50 bits per heavy atom. The molecule has 60 valence electrons. The maximum Gasteiger partial charge on any atom is 0.355 e. The predicted octanol–water partition coefficient (Wildman–Crippen LogP) is 2.02. The number of alkyl halides is 2. The third-order valence-corrected chi connectivity index (χ3v) is 1.90. The lowest BCUT2D eigenvalue weighted by Gasteiger charge is -2.12. The lowest BCUT2D eigenvalue weighted by atomic mass is 10.3. The number of halogens is 2. The largest absolute Gasteiger partial charge is 0.463 e. The Balaban J connectivity index is 3.91. The number of esters is 1. The third-order valence-electron chi connectivity index (χ3n) is 1.02. The molecule has 0 N–H and O–H groups in total. The van der Waals surface area contributed by atoms with Crippen LogP contribution in [0.25, 0.3) is 0 Å². The van der Waals surface area contributed by atoms with Gasteiger partial charge in [0.25, 0.3) is 4.58 Å². The molecule has 0 heterocycles. The van der Waals surface area contributed by atoms with Gasteiger partial charge in [-0.1, -0.05) is 6.92 Å². The monoisotopic (exact) mass is 212 g/mol. The van der Waals surface area contributed by atoms with Crippen LogP contribution in [0.5, 0.6) is 0 Å². The number of carbonyl (C=O) groups is 1. The topological polar surface area (TPSA) is 26.3 Å². The van der Waals surface area contributed by atoms with Gasteiger partial charge >= 0.3 is 5.97 Å². The highest BCUT2D eigenvalue weighted by molar-refractivity contribution is 9.10. The molecule has 0 bridgehead atoms. The fourth-order valence-corrected chi connectivity index (χ4v) is 0.495. The first kappa shape index (κ1) is 9.88. The molecule has 0 aliphatic rings. The van der Waals surface area contributed by atoms with Gasteiger partial charge in [0.2, 0.25) is 0 Å². The van der Waals surface area contributed by atoms with E-state index in [1.165, 1.54) is 0 Å². The van der Waals surface area contributed by atoms with Crippen molar-refractivity contribution in [3.63, 3.8) is 0 Å². The quantitative estimate of drug-likeness (QED) is 0.529. The van der Waals surface area contributed by atoms with Crippen molar-refractivity contribution in [1.29, 1.82) is 0 Å². The van der Waals surface area contributed by atoms with Crippen molar-refractivity contribution in [3.05, 3.63) is 0 Å². The van der Waals surface area contributed by atoms with Crippen molar-refractivity contribution >= 4 is 21.9 Å². The summed E-state index contributed by atoms with van der Waals surface area (Å²) in [4.78, 5) is 10.7. The van der Waals surface area contributed by atoms with Gasteiger partial charge in [-0.3, -0.25) is 0 Å². The van der Waals surface area contributed by atoms with Crippen LogP contribution in [-0.2, 0) is 9.53 Å². The zero-order chi connectivity index (χ0) is 8.20. The van der Waals surface area contributed by atoms with Crippen LogP contribution in [0.4, 0.5) is 4.39 Å². The van der Waals surface area contributed by atoms with Crippen molar-refractivity contribution in [2.75, 3.05) is 6.61 Å². The van der Waals surface area contributed by atoms with Crippen LogP contribution in [0.15, 0.2) is 0 Å². The Labute approximate surface area is 67.9 Å². The van der Waals surface area contributed by atoms with Gasteiger partial charge in [-0.25, -0.2) is 9.18 Å². The summed E-state index contributed by atoms with van der Waals surface area (Å²) in [5.74, 6) is -0.850. The van der Waals surface area contributed by atoms with Crippen molar-refractivity contribution in [2.24, 2.45) is 0 Å². The average molecular weight is 213 g/mol. The SMILES string of the molecule is CCOC(=O)C(F)(Br)CC.